The second-order valence-electron chi connectivity index (χ2n) is 3.96. The molecule has 0 aromatic carbocycles. The van der Waals surface area contributed by atoms with Crippen molar-refractivity contribution in [3.8, 4) is 0 Å². The van der Waals surface area contributed by atoms with Crippen LogP contribution in [0.1, 0.15) is 24.6 Å². The van der Waals surface area contributed by atoms with E-state index in [-0.39, 0.29) is 24.0 Å². The molecule has 0 fully saturated rings. The van der Waals surface area contributed by atoms with E-state index in [1.54, 1.807) is 18.4 Å². The van der Waals surface area contributed by atoms with Gasteiger partial charge in [0, 0.05) is 31.7 Å². The van der Waals surface area contributed by atoms with Crippen molar-refractivity contribution in [2.75, 3.05) is 26.8 Å². The molecule has 0 saturated carbocycles. The van der Waals surface area contributed by atoms with Crippen molar-refractivity contribution in [2.45, 2.75) is 26.3 Å². The van der Waals surface area contributed by atoms with Gasteiger partial charge in [-0.2, -0.15) is 0 Å². The van der Waals surface area contributed by atoms with Gasteiger partial charge < -0.3 is 15.4 Å². The van der Waals surface area contributed by atoms with Gasteiger partial charge in [-0.3, -0.25) is 4.99 Å². The van der Waals surface area contributed by atoms with Crippen LogP contribution in [0.3, 0.4) is 0 Å². The predicted octanol–water partition coefficient (Wildman–Crippen LogP) is 3.61. The Labute approximate surface area is 150 Å². The lowest BCUT2D eigenvalue weighted by Gasteiger charge is -2.11. The fraction of sp³-hybridized carbons (Fsp3) is 0.615. The highest BCUT2D eigenvalue weighted by molar-refractivity contribution is 14.0. The number of halogens is 2. The number of unbranched alkanes of at least 4 members (excludes halogenated alkanes) is 1. The van der Waals surface area contributed by atoms with E-state index in [2.05, 4.69) is 43.7 Å². The largest absolute Gasteiger partial charge is 0.382 e. The van der Waals surface area contributed by atoms with Crippen molar-refractivity contribution in [3.63, 3.8) is 0 Å². The first-order chi connectivity index (χ1) is 9.26. The van der Waals surface area contributed by atoms with Gasteiger partial charge in [0.1, 0.15) is 0 Å². The average Bonchev–Trinajstić information content (AvgIpc) is 2.83. The van der Waals surface area contributed by atoms with E-state index in [1.165, 1.54) is 4.88 Å². The van der Waals surface area contributed by atoms with Crippen LogP contribution in [0.15, 0.2) is 20.9 Å². The Morgan fingerprint density at radius 2 is 2.15 bits per heavy atom. The average molecular weight is 476 g/mol. The molecule has 0 bridgehead atoms. The molecule has 0 unspecified atom stereocenters. The lowest BCUT2D eigenvalue weighted by atomic mass is 10.3. The third-order valence-corrected chi connectivity index (χ3v) is 4.12. The van der Waals surface area contributed by atoms with Crippen molar-refractivity contribution in [1.29, 1.82) is 0 Å². The molecule has 0 atom stereocenters. The normalized spacial score (nSPS) is 11.1. The molecule has 20 heavy (non-hydrogen) atoms. The molecule has 1 heterocycles. The van der Waals surface area contributed by atoms with Crippen LogP contribution in [0.4, 0.5) is 0 Å². The summed E-state index contributed by atoms with van der Waals surface area (Å²) in [7, 11) is 1.79. The van der Waals surface area contributed by atoms with Crippen molar-refractivity contribution >= 4 is 57.2 Å². The van der Waals surface area contributed by atoms with Gasteiger partial charge in [0.25, 0.3) is 0 Å². The zero-order valence-corrected chi connectivity index (χ0v) is 16.7. The molecule has 0 aliphatic carbocycles. The Morgan fingerprint density at radius 3 is 2.75 bits per heavy atom. The maximum atomic E-state index is 5.30. The van der Waals surface area contributed by atoms with Gasteiger partial charge in [-0.1, -0.05) is 0 Å². The summed E-state index contributed by atoms with van der Waals surface area (Å²) >= 11 is 5.19. The van der Waals surface area contributed by atoms with Crippen LogP contribution < -0.4 is 10.6 Å². The molecule has 0 radical (unpaired) electrons. The number of nitrogens with one attached hydrogen (secondary N) is 2. The van der Waals surface area contributed by atoms with Crippen LogP contribution in [-0.4, -0.2) is 32.8 Å². The standard InChI is InChI=1S/C13H22BrN3OS.HI/c1-3-18-9-5-4-8-16-13(15-2)17-10-11-6-7-12(14)19-11;/h6-7H,3-5,8-10H2,1-2H3,(H2,15,16,17);1H. The van der Waals surface area contributed by atoms with Crippen LogP contribution >= 0.6 is 51.2 Å². The first-order valence-corrected chi connectivity index (χ1v) is 8.13. The molecule has 116 valence electrons. The lowest BCUT2D eigenvalue weighted by Crippen LogP contribution is -2.37. The van der Waals surface area contributed by atoms with Crippen molar-refractivity contribution < 1.29 is 4.74 Å². The van der Waals surface area contributed by atoms with E-state index in [0.29, 0.717) is 0 Å². The number of guanidine groups is 1. The Kier molecular flexibility index (Phi) is 12.9. The molecular formula is C13H23BrIN3OS. The molecule has 0 spiro atoms. The molecule has 0 aliphatic rings. The van der Waals surface area contributed by atoms with Crippen LogP contribution in [0, 0.1) is 0 Å². The van der Waals surface area contributed by atoms with Gasteiger partial charge in [-0.15, -0.1) is 35.3 Å². The summed E-state index contributed by atoms with van der Waals surface area (Å²) in [5, 5.41) is 6.60. The maximum Gasteiger partial charge on any atom is 0.191 e. The molecule has 0 aliphatic heterocycles. The third kappa shape index (κ3) is 9.15. The minimum atomic E-state index is 0. The van der Waals surface area contributed by atoms with Crippen molar-refractivity contribution in [3.05, 3.63) is 20.8 Å². The van der Waals surface area contributed by atoms with Crippen molar-refractivity contribution in [1.82, 2.24) is 10.6 Å². The summed E-state index contributed by atoms with van der Waals surface area (Å²) in [6.07, 6.45) is 2.17. The van der Waals surface area contributed by atoms with E-state index < -0.39 is 0 Å². The third-order valence-electron chi connectivity index (χ3n) is 2.49. The van der Waals surface area contributed by atoms with Gasteiger partial charge in [-0.05, 0) is 47.8 Å². The molecule has 1 aromatic heterocycles. The maximum absolute atomic E-state index is 5.30. The van der Waals surface area contributed by atoms with Gasteiger partial charge in [0.2, 0.25) is 0 Å². The minimum absolute atomic E-state index is 0. The van der Waals surface area contributed by atoms with E-state index in [4.69, 9.17) is 4.74 Å². The van der Waals surface area contributed by atoms with Gasteiger partial charge in [0.05, 0.1) is 10.3 Å². The highest BCUT2D eigenvalue weighted by atomic mass is 127. The quantitative estimate of drug-likeness (QED) is 0.261. The van der Waals surface area contributed by atoms with E-state index in [9.17, 15) is 0 Å². The fourth-order valence-corrected chi connectivity index (χ4v) is 2.94. The smallest absolute Gasteiger partial charge is 0.191 e. The molecule has 1 rings (SSSR count). The summed E-state index contributed by atoms with van der Waals surface area (Å²) in [5.41, 5.74) is 0. The van der Waals surface area contributed by atoms with Gasteiger partial charge in [-0.25, -0.2) is 0 Å². The van der Waals surface area contributed by atoms with E-state index >= 15 is 0 Å². The van der Waals surface area contributed by atoms with Crippen LogP contribution in [0.25, 0.3) is 0 Å². The number of hydrogen-bond acceptors (Lipinski definition) is 3. The van der Waals surface area contributed by atoms with Gasteiger partial charge in [0.15, 0.2) is 5.96 Å². The monoisotopic (exact) mass is 475 g/mol. The zero-order valence-electron chi connectivity index (χ0n) is 11.9. The molecular weight excluding hydrogens is 453 g/mol. The number of thiophene rings is 1. The SMILES string of the molecule is CCOCCCCNC(=NC)NCc1ccc(Br)s1.I. The number of ether oxygens (including phenoxy) is 1. The topological polar surface area (TPSA) is 45.6 Å². The summed E-state index contributed by atoms with van der Waals surface area (Å²) in [6, 6.07) is 4.17. The second-order valence-corrected chi connectivity index (χ2v) is 6.51. The highest BCUT2D eigenvalue weighted by Gasteiger charge is 2.00. The molecule has 1 aromatic rings. The number of hydrogen-bond donors (Lipinski definition) is 2. The minimum Gasteiger partial charge on any atom is -0.382 e. The Morgan fingerprint density at radius 1 is 1.35 bits per heavy atom. The van der Waals surface area contributed by atoms with E-state index in [1.807, 2.05) is 6.92 Å². The Hall–Kier alpha value is 0.140. The molecule has 0 amide bonds. The zero-order chi connectivity index (χ0) is 13.9. The second kappa shape index (κ2) is 12.8. The number of aliphatic imine (C=N–C) groups is 1. The van der Waals surface area contributed by atoms with Crippen LogP contribution in [-0.2, 0) is 11.3 Å². The van der Waals surface area contributed by atoms with Crippen LogP contribution in [0.2, 0.25) is 0 Å². The number of rotatable bonds is 8. The number of nitrogens with zero attached hydrogens (tertiary/aromatic N) is 1. The van der Waals surface area contributed by atoms with Gasteiger partial charge >= 0.3 is 0 Å². The van der Waals surface area contributed by atoms with Crippen molar-refractivity contribution in [2.24, 2.45) is 4.99 Å². The van der Waals surface area contributed by atoms with E-state index in [0.717, 1.165) is 48.9 Å². The Bertz CT molecular complexity index is 387. The summed E-state index contributed by atoms with van der Waals surface area (Å²) in [5.74, 6) is 0.848. The Balaban J connectivity index is 0.00000361. The molecule has 0 saturated heterocycles. The van der Waals surface area contributed by atoms with Crippen LogP contribution in [0.5, 0.6) is 0 Å². The first kappa shape index (κ1) is 20.1. The first-order valence-electron chi connectivity index (χ1n) is 6.52. The summed E-state index contributed by atoms with van der Waals surface area (Å²) in [6.45, 7) is 5.38. The highest BCUT2D eigenvalue weighted by Crippen LogP contribution is 2.21. The fourth-order valence-electron chi connectivity index (χ4n) is 1.52. The molecule has 4 nitrogen and oxygen atoms in total. The lowest BCUT2D eigenvalue weighted by molar-refractivity contribution is 0.143. The predicted molar refractivity (Wildman–Crippen MR) is 101 cm³/mol. The molecule has 7 heteroatoms. The summed E-state index contributed by atoms with van der Waals surface area (Å²) < 4.78 is 6.45. The summed E-state index contributed by atoms with van der Waals surface area (Å²) in [4.78, 5) is 5.48. The molecule has 2 N–H and O–H groups in total.